The molecular formula is C52H34N2S. The molecule has 2 aromatic heterocycles. The van der Waals surface area contributed by atoms with Gasteiger partial charge in [-0.2, -0.15) is 0 Å². The zero-order valence-electron chi connectivity index (χ0n) is 29.9. The van der Waals surface area contributed by atoms with E-state index in [0.29, 0.717) is 0 Å². The molecule has 258 valence electrons. The van der Waals surface area contributed by atoms with Crippen molar-refractivity contribution in [2.45, 2.75) is 0 Å². The van der Waals surface area contributed by atoms with Gasteiger partial charge < -0.3 is 9.47 Å². The molecule has 2 heterocycles. The molecule has 0 atom stereocenters. The van der Waals surface area contributed by atoms with Crippen molar-refractivity contribution in [3.63, 3.8) is 0 Å². The van der Waals surface area contributed by atoms with Crippen molar-refractivity contribution in [2.24, 2.45) is 0 Å². The Morgan fingerprint density at radius 1 is 0.327 bits per heavy atom. The highest BCUT2D eigenvalue weighted by atomic mass is 32.1. The largest absolute Gasteiger partial charge is 0.310 e. The van der Waals surface area contributed by atoms with Gasteiger partial charge in [-0.3, -0.25) is 0 Å². The Hall–Kier alpha value is -6.94. The van der Waals surface area contributed by atoms with Crippen LogP contribution in [0.1, 0.15) is 0 Å². The molecule has 11 rings (SSSR count). The number of hydrogen-bond donors (Lipinski definition) is 0. The van der Waals surface area contributed by atoms with Crippen LogP contribution in [-0.2, 0) is 0 Å². The molecule has 55 heavy (non-hydrogen) atoms. The van der Waals surface area contributed by atoms with Gasteiger partial charge in [-0.25, -0.2) is 0 Å². The highest BCUT2D eigenvalue weighted by molar-refractivity contribution is 7.25. The first kappa shape index (κ1) is 31.6. The molecule has 3 heteroatoms. The first-order valence-electron chi connectivity index (χ1n) is 18.7. The normalized spacial score (nSPS) is 11.6. The van der Waals surface area contributed by atoms with Crippen molar-refractivity contribution in [2.75, 3.05) is 4.90 Å². The first-order chi connectivity index (χ1) is 27.2. The van der Waals surface area contributed by atoms with Gasteiger partial charge in [0, 0.05) is 53.7 Å². The van der Waals surface area contributed by atoms with Gasteiger partial charge in [-0.05, 0) is 106 Å². The van der Waals surface area contributed by atoms with Gasteiger partial charge in [-0.15, -0.1) is 11.3 Å². The molecule has 0 saturated carbocycles. The maximum absolute atomic E-state index is 2.39. The first-order valence-corrected chi connectivity index (χ1v) is 19.6. The number of nitrogens with zero attached hydrogens (tertiary/aromatic N) is 2. The third-order valence-corrected chi connectivity index (χ3v) is 12.1. The number of aromatic nitrogens is 1. The standard InChI is InChI=1S/C52H34N2S/c1-3-12-35(13-4-1)37-16-11-19-43(30-37)53(44-27-29-46-45-20-9-10-21-49(45)54(50(46)34-44)41-17-5-2-6-18-41)42-25-22-36(23-26-42)40-24-28-47-48-31-38-14-7-8-15-39(38)32-52(48)55-51(47)33-40/h1-34H. The fraction of sp³-hybridized carbons (Fsp3) is 0. The summed E-state index contributed by atoms with van der Waals surface area (Å²) in [6.45, 7) is 0. The molecule has 0 aliphatic carbocycles. The Morgan fingerprint density at radius 3 is 1.75 bits per heavy atom. The topological polar surface area (TPSA) is 8.17 Å². The van der Waals surface area contributed by atoms with Crippen LogP contribution < -0.4 is 4.90 Å². The number of para-hydroxylation sites is 2. The van der Waals surface area contributed by atoms with E-state index in [9.17, 15) is 0 Å². The van der Waals surface area contributed by atoms with E-state index in [-0.39, 0.29) is 0 Å². The maximum Gasteiger partial charge on any atom is 0.0561 e. The summed E-state index contributed by atoms with van der Waals surface area (Å²) < 4.78 is 5.04. The number of fused-ring (bicyclic) bond motifs is 7. The van der Waals surface area contributed by atoms with E-state index in [1.165, 1.54) is 75.0 Å². The SMILES string of the molecule is c1ccc(-c2cccc(N(c3ccc(-c4ccc5c(c4)sc4cc6ccccc6cc45)cc3)c3ccc4c5ccccc5n(-c5ccccc5)c4c3)c2)cc1. The highest BCUT2D eigenvalue weighted by Crippen LogP contribution is 2.42. The smallest absolute Gasteiger partial charge is 0.0561 e. The van der Waals surface area contributed by atoms with Crippen LogP contribution in [0.2, 0.25) is 0 Å². The summed E-state index contributed by atoms with van der Waals surface area (Å²) in [6, 6.07) is 75.2. The van der Waals surface area contributed by atoms with E-state index >= 15 is 0 Å². The van der Waals surface area contributed by atoms with Gasteiger partial charge in [-0.1, -0.05) is 133 Å². The van der Waals surface area contributed by atoms with Crippen molar-refractivity contribution >= 4 is 81.1 Å². The highest BCUT2D eigenvalue weighted by Gasteiger charge is 2.18. The zero-order chi connectivity index (χ0) is 36.3. The third kappa shape index (κ3) is 5.40. The quantitative estimate of drug-likeness (QED) is 0.166. The molecule has 0 aliphatic rings. The number of anilines is 3. The maximum atomic E-state index is 2.39. The van der Waals surface area contributed by atoms with E-state index in [1.807, 2.05) is 11.3 Å². The van der Waals surface area contributed by atoms with Crippen LogP contribution in [0.5, 0.6) is 0 Å². The summed E-state index contributed by atoms with van der Waals surface area (Å²) in [6.07, 6.45) is 0. The fourth-order valence-electron chi connectivity index (χ4n) is 8.30. The van der Waals surface area contributed by atoms with E-state index < -0.39 is 0 Å². The summed E-state index contributed by atoms with van der Waals surface area (Å²) in [7, 11) is 0. The Labute approximate surface area is 323 Å². The predicted octanol–water partition coefficient (Wildman–Crippen LogP) is 15.1. The molecule has 0 bridgehead atoms. The van der Waals surface area contributed by atoms with Crippen LogP contribution in [0.4, 0.5) is 17.1 Å². The Morgan fingerprint density at radius 2 is 0.909 bits per heavy atom. The van der Waals surface area contributed by atoms with E-state index in [1.54, 1.807) is 0 Å². The summed E-state index contributed by atoms with van der Waals surface area (Å²) >= 11 is 1.88. The van der Waals surface area contributed by atoms with Crippen molar-refractivity contribution < 1.29 is 0 Å². The summed E-state index contributed by atoms with van der Waals surface area (Å²) in [4.78, 5) is 2.39. The van der Waals surface area contributed by atoms with Crippen LogP contribution in [0.25, 0.3) is 80.7 Å². The van der Waals surface area contributed by atoms with Crippen molar-refractivity contribution in [1.29, 1.82) is 0 Å². The summed E-state index contributed by atoms with van der Waals surface area (Å²) in [5, 5.41) is 7.71. The second-order valence-corrected chi connectivity index (χ2v) is 15.3. The molecule has 0 spiro atoms. The molecular weight excluding hydrogens is 685 g/mol. The number of hydrogen-bond acceptors (Lipinski definition) is 2. The minimum Gasteiger partial charge on any atom is -0.310 e. The number of thiophene rings is 1. The third-order valence-electron chi connectivity index (χ3n) is 10.9. The molecule has 2 nitrogen and oxygen atoms in total. The van der Waals surface area contributed by atoms with Crippen LogP contribution in [0.15, 0.2) is 206 Å². The average Bonchev–Trinajstić information content (AvgIpc) is 3.78. The van der Waals surface area contributed by atoms with Crippen LogP contribution in [-0.4, -0.2) is 4.57 Å². The van der Waals surface area contributed by atoms with Gasteiger partial charge in [0.2, 0.25) is 0 Å². The number of rotatable bonds is 6. The van der Waals surface area contributed by atoms with E-state index in [4.69, 9.17) is 0 Å². The van der Waals surface area contributed by atoms with Gasteiger partial charge in [0.05, 0.1) is 11.0 Å². The second kappa shape index (κ2) is 12.9. The van der Waals surface area contributed by atoms with Gasteiger partial charge in [0.1, 0.15) is 0 Å². The molecule has 0 aliphatic heterocycles. The van der Waals surface area contributed by atoms with Crippen LogP contribution in [0.3, 0.4) is 0 Å². The van der Waals surface area contributed by atoms with Crippen LogP contribution in [0, 0.1) is 0 Å². The molecule has 0 amide bonds. The summed E-state index contributed by atoms with van der Waals surface area (Å²) in [5.74, 6) is 0. The van der Waals surface area contributed by atoms with Crippen LogP contribution >= 0.6 is 11.3 Å². The van der Waals surface area contributed by atoms with Crippen molar-refractivity contribution in [1.82, 2.24) is 4.57 Å². The molecule has 0 radical (unpaired) electrons. The molecule has 0 N–H and O–H groups in total. The molecule has 0 unspecified atom stereocenters. The zero-order valence-corrected chi connectivity index (χ0v) is 30.7. The van der Waals surface area contributed by atoms with E-state index in [2.05, 4.69) is 216 Å². The minimum atomic E-state index is 1.10. The lowest BCUT2D eigenvalue weighted by molar-refractivity contribution is 1.18. The molecule has 9 aromatic carbocycles. The minimum absolute atomic E-state index is 1.10. The molecule has 11 aromatic rings. The molecule has 0 saturated heterocycles. The summed E-state index contributed by atoms with van der Waals surface area (Å²) in [5.41, 5.74) is 11.6. The van der Waals surface area contributed by atoms with E-state index in [0.717, 1.165) is 22.7 Å². The Balaban J connectivity index is 1.05. The predicted molar refractivity (Wildman–Crippen MR) is 237 cm³/mol. The monoisotopic (exact) mass is 718 g/mol. The molecule has 0 fully saturated rings. The average molecular weight is 719 g/mol. The fourth-order valence-corrected chi connectivity index (χ4v) is 9.48. The second-order valence-electron chi connectivity index (χ2n) is 14.2. The lowest BCUT2D eigenvalue weighted by Crippen LogP contribution is -2.10. The van der Waals surface area contributed by atoms with Gasteiger partial charge in [0.15, 0.2) is 0 Å². The van der Waals surface area contributed by atoms with Crippen molar-refractivity contribution in [3.05, 3.63) is 206 Å². The van der Waals surface area contributed by atoms with Gasteiger partial charge in [0.25, 0.3) is 0 Å². The Kier molecular flexibility index (Phi) is 7.39. The lowest BCUT2D eigenvalue weighted by atomic mass is 10.0. The Bertz CT molecular complexity index is 3190. The lowest BCUT2D eigenvalue weighted by Gasteiger charge is -2.26. The number of benzene rings is 9. The van der Waals surface area contributed by atoms with Crippen molar-refractivity contribution in [3.8, 4) is 27.9 Å². The van der Waals surface area contributed by atoms with Gasteiger partial charge >= 0.3 is 0 Å².